The van der Waals surface area contributed by atoms with Crippen molar-refractivity contribution in [1.29, 1.82) is 0 Å². The second-order valence-electron chi connectivity index (χ2n) is 5.21. The summed E-state index contributed by atoms with van der Waals surface area (Å²) < 4.78 is 5.60. The van der Waals surface area contributed by atoms with Crippen LogP contribution in [-0.4, -0.2) is 12.5 Å². The van der Waals surface area contributed by atoms with Gasteiger partial charge < -0.3 is 10.1 Å². The number of fused-ring (bicyclic) bond motifs is 1. The summed E-state index contributed by atoms with van der Waals surface area (Å²) in [7, 11) is 0. The van der Waals surface area contributed by atoms with Crippen molar-refractivity contribution >= 4 is 29.1 Å². The molecule has 0 unspecified atom stereocenters. The summed E-state index contributed by atoms with van der Waals surface area (Å²) >= 11 is 12.0. The fourth-order valence-electron chi connectivity index (χ4n) is 2.58. The van der Waals surface area contributed by atoms with Gasteiger partial charge in [-0.3, -0.25) is 4.79 Å². The largest absolute Gasteiger partial charge is 0.493 e. The van der Waals surface area contributed by atoms with Crippen LogP contribution in [0.1, 0.15) is 23.6 Å². The number of benzene rings is 2. The number of rotatable bonds is 3. The second-order valence-corrected chi connectivity index (χ2v) is 6.05. The third-order valence-electron chi connectivity index (χ3n) is 3.66. The molecule has 1 aliphatic heterocycles. The number of amides is 1. The SMILES string of the molecule is O=C(Cc1ccc(Cl)cc1Cl)N[C@H]1CCOc2ccccc21. The van der Waals surface area contributed by atoms with Gasteiger partial charge in [0, 0.05) is 22.0 Å². The number of carbonyl (C=O) groups excluding carboxylic acids is 1. The van der Waals surface area contributed by atoms with Crippen LogP contribution in [0.2, 0.25) is 10.0 Å². The van der Waals surface area contributed by atoms with E-state index in [-0.39, 0.29) is 18.4 Å². The molecule has 0 bridgehead atoms. The highest BCUT2D eigenvalue weighted by Crippen LogP contribution is 2.31. The molecule has 1 aliphatic rings. The van der Waals surface area contributed by atoms with Crippen LogP contribution in [0.4, 0.5) is 0 Å². The van der Waals surface area contributed by atoms with Crippen molar-refractivity contribution < 1.29 is 9.53 Å². The first kappa shape index (κ1) is 15.2. The standard InChI is InChI=1S/C17H15Cl2NO2/c18-12-6-5-11(14(19)10-12)9-17(21)20-15-7-8-22-16-4-2-1-3-13(15)16/h1-6,10,15H,7-9H2,(H,20,21)/t15-/m0/s1. The molecule has 0 aromatic heterocycles. The first-order valence-electron chi connectivity index (χ1n) is 7.08. The van der Waals surface area contributed by atoms with Crippen molar-refractivity contribution in [3.63, 3.8) is 0 Å². The maximum absolute atomic E-state index is 12.3. The zero-order valence-corrected chi connectivity index (χ0v) is 13.3. The molecule has 3 nitrogen and oxygen atoms in total. The summed E-state index contributed by atoms with van der Waals surface area (Å²) in [6, 6.07) is 12.9. The Morgan fingerprint density at radius 3 is 2.86 bits per heavy atom. The lowest BCUT2D eigenvalue weighted by Crippen LogP contribution is -2.33. The zero-order chi connectivity index (χ0) is 15.5. The van der Waals surface area contributed by atoms with E-state index in [0.29, 0.717) is 16.7 Å². The van der Waals surface area contributed by atoms with Gasteiger partial charge in [0.2, 0.25) is 5.91 Å². The minimum Gasteiger partial charge on any atom is -0.493 e. The predicted octanol–water partition coefficient (Wildman–Crippen LogP) is 4.18. The molecule has 3 rings (SSSR count). The highest BCUT2D eigenvalue weighted by atomic mass is 35.5. The topological polar surface area (TPSA) is 38.3 Å². The maximum atomic E-state index is 12.3. The minimum atomic E-state index is -0.0640. The number of carbonyl (C=O) groups is 1. The molecule has 0 saturated carbocycles. The van der Waals surface area contributed by atoms with E-state index in [4.69, 9.17) is 27.9 Å². The Kier molecular flexibility index (Phi) is 4.55. The smallest absolute Gasteiger partial charge is 0.224 e. The van der Waals surface area contributed by atoms with Crippen LogP contribution in [0, 0.1) is 0 Å². The van der Waals surface area contributed by atoms with Crippen molar-refractivity contribution in [3.8, 4) is 5.75 Å². The van der Waals surface area contributed by atoms with Crippen molar-refractivity contribution in [2.24, 2.45) is 0 Å². The number of halogens is 2. The monoisotopic (exact) mass is 335 g/mol. The van der Waals surface area contributed by atoms with Crippen molar-refractivity contribution in [1.82, 2.24) is 5.32 Å². The molecule has 1 amide bonds. The molecule has 0 spiro atoms. The molecule has 1 atom stereocenters. The van der Waals surface area contributed by atoms with E-state index < -0.39 is 0 Å². The average molecular weight is 336 g/mol. The third kappa shape index (κ3) is 3.37. The molecule has 5 heteroatoms. The minimum absolute atomic E-state index is 0.0245. The van der Waals surface area contributed by atoms with Crippen LogP contribution in [0.15, 0.2) is 42.5 Å². The van der Waals surface area contributed by atoms with Gasteiger partial charge in [-0.2, -0.15) is 0 Å². The van der Waals surface area contributed by atoms with E-state index in [0.717, 1.165) is 23.3 Å². The molecule has 22 heavy (non-hydrogen) atoms. The number of nitrogens with one attached hydrogen (secondary N) is 1. The Hall–Kier alpha value is -1.71. The fourth-order valence-corrected chi connectivity index (χ4v) is 3.05. The zero-order valence-electron chi connectivity index (χ0n) is 11.8. The summed E-state index contributed by atoms with van der Waals surface area (Å²) in [5.74, 6) is 0.773. The second kappa shape index (κ2) is 6.59. The van der Waals surface area contributed by atoms with E-state index >= 15 is 0 Å². The Morgan fingerprint density at radius 1 is 1.23 bits per heavy atom. The lowest BCUT2D eigenvalue weighted by molar-refractivity contribution is -0.121. The molecule has 0 radical (unpaired) electrons. The lowest BCUT2D eigenvalue weighted by Gasteiger charge is -2.26. The number of hydrogen-bond donors (Lipinski definition) is 1. The molecular weight excluding hydrogens is 321 g/mol. The highest BCUT2D eigenvalue weighted by Gasteiger charge is 2.22. The van der Waals surface area contributed by atoms with Crippen molar-refractivity contribution in [2.75, 3.05) is 6.61 Å². The van der Waals surface area contributed by atoms with E-state index in [1.54, 1.807) is 18.2 Å². The third-order valence-corrected chi connectivity index (χ3v) is 4.25. The average Bonchev–Trinajstić information content (AvgIpc) is 2.50. The van der Waals surface area contributed by atoms with Crippen LogP contribution >= 0.6 is 23.2 Å². The summed E-state index contributed by atoms with van der Waals surface area (Å²) in [6.45, 7) is 0.601. The van der Waals surface area contributed by atoms with Crippen LogP contribution in [0.25, 0.3) is 0 Å². The molecule has 1 heterocycles. The molecule has 0 aliphatic carbocycles. The van der Waals surface area contributed by atoms with Crippen LogP contribution in [-0.2, 0) is 11.2 Å². The van der Waals surface area contributed by atoms with Gasteiger partial charge in [-0.15, -0.1) is 0 Å². The Bertz CT molecular complexity index is 703. The first-order chi connectivity index (χ1) is 10.6. The van der Waals surface area contributed by atoms with Gasteiger partial charge >= 0.3 is 0 Å². The summed E-state index contributed by atoms with van der Waals surface area (Å²) in [4.78, 5) is 12.3. The maximum Gasteiger partial charge on any atom is 0.224 e. The number of para-hydroxylation sites is 1. The van der Waals surface area contributed by atoms with Gasteiger partial charge in [0.25, 0.3) is 0 Å². The van der Waals surface area contributed by atoms with E-state index in [1.807, 2.05) is 24.3 Å². The Balaban J connectivity index is 1.70. The normalized spacial score (nSPS) is 16.5. The number of hydrogen-bond acceptors (Lipinski definition) is 2. The van der Waals surface area contributed by atoms with E-state index in [2.05, 4.69) is 5.32 Å². The molecule has 2 aromatic rings. The van der Waals surface area contributed by atoms with Crippen LogP contribution < -0.4 is 10.1 Å². The van der Waals surface area contributed by atoms with Gasteiger partial charge in [-0.05, 0) is 23.8 Å². The van der Waals surface area contributed by atoms with Crippen molar-refractivity contribution in [3.05, 3.63) is 63.6 Å². The van der Waals surface area contributed by atoms with Gasteiger partial charge in [-0.25, -0.2) is 0 Å². The molecule has 0 fully saturated rings. The highest BCUT2D eigenvalue weighted by molar-refractivity contribution is 6.35. The molecule has 1 N–H and O–H groups in total. The summed E-state index contributed by atoms with van der Waals surface area (Å²) in [5.41, 5.74) is 1.79. The van der Waals surface area contributed by atoms with Crippen LogP contribution in [0.5, 0.6) is 5.75 Å². The van der Waals surface area contributed by atoms with Gasteiger partial charge in [0.05, 0.1) is 19.1 Å². The Morgan fingerprint density at radius 2 is 2.05 bits per heavy atom. The van der Waals surface area contributed by atoms with Gasteiger partial charge in [-0.1, -0.05) is 47.5 Å². The van der Waals surface area contributed by atoms with Gasteiger partial charge in [0.15, 0.2) is 0 Å². The van der Waals surface area contributed by atoms with E-state index in [9.17, 15) is 4.79 Å². The molecule has 114 valence electrons. The quantitative estimate of drug-likeness (QED) is 0.913. The Labute approximate surface area is 139 Å². The molecular formula is C17H15Cl2NO2. The molecule has 2 aromatic carbocycles. The van der Waals surface area contributed by atoms with E-state index in [1.165, 1.54) is 0 Å². The summed E-state index contributed by atoms with van der Waals surface area (Å²) in [5, 5.41) is 4.13. The summed E-state index contributed by atoms with van der Waals surface area (Å²) in [6.07, 6.45) is 0.993. The number of ether oxygens (including phenoxy) is 1. The van der Waals surface area contributed by atoms with Crippen LogP contribution in [0.3, 0.4) is 0 Å². The predicted molar refractivity (Wildman–Crippen MR) is 87.6 cm³/mol. The molecule has 0 saturated heterocycles. The fraction of sp³-hybridized carbons (Fsp3) is 0.235. The van der Waals surface area contributed by atoms with Gasteiger partial charge in [0.1, 0.15) is 5.75 Å². The van der Waals surface area contributed by atoms with Crippen molar-refractivity contribution in [2.45, 2.75) is 18.9 Å². The lowest BCUT2D eigenvalue weighted by atomic mass is 10.00. The first-order valence-corrected chi connectivity index (χ1v) is 7.84.